The molecule has 2 aliphatic rings. The Labute approximate surface area is 173 Å². The van der Waals surface area contributed by atoms with E-state index in [2.05, 4.69) is 11.0 Å². The minimum absolute atomic E-state index is 0.0223. The van der Waals surface area contributed by atoms with Crippen LogP contribution < -0.4 is 9.64 Å². The topological polar surface area (TPSA) is 56.6 Å². The van der Waals surface area contributed by atoms with Crippen LogP contribution in [0.1, 0.15) is 17.9 Å². The fourth-order valence-corrected chi connectivity index (χ4v) is 4.87. The summed E-state index contributed by atoms with van der Waals surface area (Å²) in [4.78, 5) is 16.7. The number of nitriles is 1. The van der Waals surface area contributed by atoms with Crippen molar-refractivity contribution in [2.24, 2.45) is 0 Å². The van der Waals surface area contributed by atoms with E-state index in [1.165, 1.54) is 11.8 Å². The number of amides is 1. The highest BCUT2D eigenvalue weighted by Gasteiger charge is 2.38. The second kappa shape index (κ2) is 7.78. The minimum Gasteiger partial charge on any atom is -0.497 e. The van der Waals surface area contributed by atoms with Crippen LogP contribution in [0.15, 0.2) is 59.1 Å². The number of nitrogens with zero attached hydrogens (tertiary/aromatic N) is 3. The molecule has 0 bridgehead atoms. The lowest BCUT2D eigenvalue weighted by Crippen LogP contribution is -2.47. The van der Waals surface area contributed by atoms with Crippen molar-refractivity contribution in [3.63, 3.8) is 0 Å². The molecule has 1 amide bonds. The first kappa shape index (κ1) is 18.7. The van der Waals surface area contributed by atoms with Gasteiger partial charge in [0.05, 0.1) is 36.3 Å². The Balaban J connectivity index is 1.65. The van der Waals surface area contributed by atoms with Gasteiger partial charge in [-0.1, -0.05) is 41.6 Å². The molecular formula is C21H18ClN3O2S. The lowest BCUT2D eigenvalue weighted by Gasteiger charge is -2.42. The summed E-state index contributed by atoms with van der Waals surface area (Å²) in [6.45, 7) is 0.419. The highest BCUT2D eigenvalue weighted by Crippen LogP contribution is 2.43. The number of hydrogen-bond donors (Lipinski definition) is 0. The molecule has 0 unspecified atom stereocenters. The van der Waals surface area contributed by atoms with Gasteiger partial charge in [-0.2, -0.15) is 5.26 Å². The smallest absolute Gasteiger partial charge is 0.229 e. The van der Waals surface area contributed by atoms with Gasteiger partial charge in [-0.25, -0.2) is 0 Å². The normalized spacial score (nSPS) is 19.3. The number of thioether (sulfide) groups is 1. The number of carbonyl (C=O) groups is 1. The summed E-state index contributed by atoms with van der Waals surface area (Å²) in [5.74, 6) is 1.21. The van der Waals surface area contributed by atoms with Gasteiger partial charge in [-0.15, -0.1) is 0 Å². The number of fused-ring (bicyclic) bond motifs is 1. The molecule has 2 aromatic carbocycles. The summed E-state index contributed by atoms with van der Waals surface area (Å²) in [7, 11) is 1.62. The minimum atomic E-state index is -0.222. The average molecular weight is 412 g/mol. The van der Waals surface area contributed by atoms with Crippen LogP contribution in [0, 0.1) is 11.3 Å². The number of methoxy groups -OCH3 is 1. The second-order valence-corrected chi connectivity index (χ2v) is 7.99. The van der Waals surface area contributed by atoms with E-state index in [9.17, 15) is 10.1 Å². The van der Waals surface area contributed by atoms with Gasteiger partial charge in [0.25, 0.3) is 0 Å². The number of ether oxygens (including phenoxy) is 1. The Hall–Kier alpha value is -2.62. The van der Waals surface area contributed by atoms with E-state index < -0.39 is 0 Å². The summed E-state index contributed by atoms with van der Waals surface area (Å²) >= 11 is 7.63. The molecule has 0 saturated carbocycles. The number of rotatable bonds is 3. The van der Waals surface area contributed by atoms with Gasteiger partial charge in [0, 0.05) is 23.0 Å². The molecule has 2 heterocycles. The number of anilines is 1. The lowest BCUT2D eigenvalue weighted by atomic mass is 9.86. The zero-order valence-electron chi connectivity index (χ0n) is 15.3. The molecule has 2 aliphatic heterocycles. The molecule has 1 atom stereocenters. The summed E-state index contributed by atoms with van der Waals surface area (Å²) < 4.78 is 5.21. The Morgan fingerprint density at radius 2 is 2.04 bits per heavy atom. The molecule has 0 aromatic heterocycles. The fourth-order valence-electron chi connectivity index (χ4n) is 3.52. The number of hydrogen-bond acceptors (Lipinski definition) is 5. The van der Waals surface area contributed by atoms with Gasteiger partial charge < -0.3 is 9.64 Å². The third-order valence-corrected chi connectivity index (χ3v) is 6.37. The number of halogens is 1. The molecule has 1 saturated heterocycles. The maximum atomic E-state index is 12.9. The lowest BCUT2D eigenvalue weighted by molar-refractivity contribution is -0.129. The standard InChI is InChI=1S/C21H18ClN3O2S/c1-27-17-7-5-14(6-8-17)18-10-20(26)25-12-24(13-28-21(25)19(18)11-23)16-4-2-3-15(22)9-16/h2-9,18H,10,12-13H2,1H3/t18-/m0/s1. The first-order valence-electron chi connectivity index (χ1n) is 8.82. The molecule has 0 N–H and O–H groups in total. The highest BCUT2D eigenvalue weighted by molar-refractivity contribution is 8.03. The second-order valence-electron chi connectivity index (χ2n) is 6.62. The monoisotopic (exact) mass is 411 g/mol. The molecule has 0 radical (unpaired) electrons. The number of benzene rings is 2. The molecule has 5 nitrogen and oxygen atoms in total. The Kier molecular flexibility index (Phi) is 5.21. The summed E-state index contributed by atoms with van der Waals surface area (Å²) in [5.41, 5.74) is 2.57. The van der Waals surface area contributed by atoms with Crippen LogP contribution in [0.5, 0.6) is 5.75 Å². The predicted molar refractivity (Wildman–Crippen MR) is 111 cm³/mol. The van der Waals surface area contributed by atoms with Gasteiger partial charge in [0.2, 0.25) is 5.91 Å². The zero-order chi connectivity index (χ0) is 19.7. The molecule has 4 rings (SSSR count). The van der Waals surface area contributed by atoms with E-state index in [4.69, 9.17) is 16.3 Å². The van der Waals surface area contributed by atoms with E-state index in [1.54, 1.807) is 12.0 Å². The average Bonchev–Trinajstić information content (AvgIpc) is 2.73. The first-order chi connectivity index (χ1) is 13.6. The van der Waals surface area contributed by atoms with Crippen LogP contribution in [0.2, 0.25) is 5.02 Å². The van der Waals surface area contributed by atoms with Crippen molar-refractivity contribution in [3.8, 4) is 11.8 Å². The molecule has 0 spiro atoms. The van der Waals surface area contributed by atoms with Gasteiger partial charge in [0.1, 0.15) is 5.75 Å². The molecule has 0 aliphatic carbocycles. The Bertz CT molecular complexity index is 984. The molecular weight excluding hydrogens is 394 g/mol. The summed E-state index contributed by atoms with van der Waals surface area (Å²) in [5, 5.41) is 11.3. The maximum Gasteiger partial charge on any atom is 0.229 e. The largest absolute Gasteiger partial charge is 0.497 e. The van der Waals surface area contributed by atoms with Crippen LogP contribution in [0.3, 0.4) is 0 Å². The van der Waals surface area contributed by atoms with Crippen molar-refractivity contribution in [3.05, 3.63) is 69.7 Å². The Morgan fingerprint density at radius 3 is 2.71 bits per heavy atom. The van der Waals surface area contributed by atoms with Crippen molar-refractivity contribution in [2.45, 2.75) is 12.3 Å². The van der Waals surface area contributed by atoms with E-state index in [1.807, 2.05) is 48.5 Å². The van der Waals surface area contributed by atoms with Crippen molar-refractivity contribution in [2.75, 3.05) is 24.6 Å². The quantitative estimate of drug-likeness (QED) is 0.740. The zero-order valence-corrected chi connectivity index (χ0v) is 16.8. The molecule has 7 heteroatoms. The van der Waals surface area contributed by atoms with Gasteiger partial charge >= 0.3 is 0 Å². The van der Waals surface area contributed by atoms with E-state index >= 15 is 0 Å². The van der Waals surface area contributed by atoms with E-state index in [0.29, 0.717) is 23.1 Å². The molecule has 28 heavy (non-hydrogen) atoms. The Morgan fingerprint density at radius 1 is 1.25 bits per heavy atom. The van der Waals surface area contributed by atoms with Crippen molar-refractivity contribution >= 4 is 35.0 Å². The first-order valence-corrected chi connectivity index (χ1v) is 10.2. The predicted octanol–water partition coefficient (Wildman–Crippen LogP) is 4.57. The fraction of sp³-hybridized carbons (Fsp3) is 0.238. The number of carbonyl (C=O) groups excluding carboxylic acids is 1. The van der Waals surface area contributed by atoms with Crippen molar-refractivity contribution in [1.82, 2.24) is 4.90 Å². The van der Waals surface area contributed by atoms with Crippen LogP contribution in [0.25, 0.3) is 0 Å². The molecule has 1 fully saturated rings. The third kappa shape index (κ3) is 3.44. The van der Waals surface area contributed by atoms with Crippen LogP contribution in [-0.4, -0.2) is 30.5 Å². The molecule has 2 aromatic rings. The summed E-state index contributed by atoms with van der Waals surface area (Å²) in [6, 6.07) is 17.5. The van der Waals surface area contributed by atoms with Crippen LogP contribution in [0.4, 0.5) is 5.69 Å². The van der Waals surface area contributed by atoms with Crippen molar-refractivity contribution < 1.29 is 9.53 Å². The van der Waals surface area contributed by atoms with Gasteiger partial charge in [0.15, 0.2) is 0 Å². The van der Waals surface area contributed by atoms with Gasteiger partial charge in [-0.05, 0) is 35.9 Å². The van der Waals surface area contributed by atoms with Crippen molar-refractivity contribution in [1.29, 1.82) is 5.26 Å². The maximum absolute atomic E-state index is 12.9. The van der Waals surface area contributed by atoms with Crippen LogP contribution in [-0.2, 0) is 4.79 Å². The number of allylic oxidation sites excluding steroid dienone is 1. The third-order valence-electron chi connectivity index (χ3n) is 4.99. The van der Waals surface area contributed by atoms with E-state index in [-0.39, 0.29) is 18.2 Å². The van der Waals surface area contributed by atoms with Crippen LogP contribution >= 0.6 is 23.4 Å². The SMILES string of the molecule is COc1ccc([C@@H]2CC(=O)N3CN(c4cccc(Cl)c4)CSC3=C2C#N)cc1. The van der Waals surface area contributed by atoms with Gasteiger partial charge in [-0.3, -0.25) is 9.69 Å². The molecule has 142 valence electrons. The highest BCUT2D eigenvalue weighted by atomic mass is 35.5. The van der Waals surface area contributed by atoms with E-state index in [0.717, 1.165) is 22.0 Å². The summed E-state index contributed by atoms with van der Waals surface area (Å²) in [6.07, 6.45) is 0.280.